The molecular formula is C12H13ClF3N3O3. The zero-order chi connectivity index (χ0) is 17.1. The maximum absolute atomic E-state index is 12.6. The molecule has 10 heteroatoms. The van der Waals surface area contributed by atoms with Gasteiger partial charge in [0.15, 0.2) is 0 Å². The van der Waals surface area contributed by atoms with Crippen molar-refractivity contribution >= 4 is 23.4 Å². The smallest absolute Gasteiger partial charge is 0.347 e. The van der Waals surface area contributed by atoms with Gasteiger partial charge in [0, 0.05) is 20.3 Å². The van der Waals surface area contributed by atoms with Gasteiger partial charge in [0.25, 0.3) is 5.56 Å². The summed E-state index contributed by atoms with van der Waals surface area (Å²) in [5.74, 6) is -1.18. The molecule has 0 saturated carbocycles. The molecule has 1 aromatic heterocycles. The van der Waals surface area contributed by atoms with Gasteiger partial charge in [-0.2, -0.15) is 13.2 Å². The van der Waals surface area contributed by atoms with Crippen LogP contribution in [0.2, 0.25) is 5.02 Å². The minimum atomic E-state index is -4.70. The Morgan fingerprint density at radius 2 is 1.95 bits per heavy atom. The van der Waals surface area contributed by atoms with Gasteiger partial charge >= 0.3 is 6.18 Å². The Morgan fingerprint density at radius 3 is 2.45 bits per heavy atom. The van der Waals surface area contributed by atoms with E-state index in [1.165, 1.54) is 19.0 Å². The third-order valence-electron chi connectivity index (χ3n) is 2.62. The second-order valence-corrected chi connectivity index (χ2v) is 4.98. The Kier molecular flexibility index (Phi) is 5.59. The summed E-state index contributed by atoms with van der Waals surface area (Å²) in [6.45, 7) is -1.00. The summed E-state index contributed by atoms with van der Waals surface area (Å²) in [5.41, 5.74) is -2.07. The fourth-order valence-electron chi connectivity index (χ4n) is 1.41. The standard InChI is InChI=1S/C12H13ClF3N3O3/c1-18(2)10(21)4-17-9(20)6-19-5-7(12(14,15)16)3-8(13)11(19)22/h3,5H,4,6H2,1-2H3,(H,17,20). The molecule has 1 aromatic rings. The van der Waals surface area contributed by atoms with E-state index in [4.69, 9.17) is 11.6 Å². The number of pyridine rings is 1. The van der Waals surface area contributed by atoms with Gasteiger partial charge in [-0.3, -0.25) is 14.4 Å². The number of hydrogen-bond donors (Lipinski definition) is 1. The Hall–Kier alpha value is -2.03. The molecule has 1 rings (SSSR count). The monoisotopic (exact) mass is 339 g/mol. The second-order valence-electron chi connectivity index (χ2n) is 4.57. The summed E-state index contributed by atoms with van der Waals surface area (Å²) in [6.07, 6.45) is -4.20. The molecule has 0 aliphatic rings. The van der Waals surface area contributed by atoms with E-state index >= 15 is 0 Å². The van der Waals surface area contributed by atoms with Crippen LogP contribution in [0.3, 0.4) is 0 Å². The minimum absolute atomic E-state index is 0.326. The van der Waals surface area contributed by atoms with E-state index in [9.17, 15) is 27.6 Å². The Morgan fingerprint density at radius 1 is 1.36 bits per heavy atom. The molecular weight excluding hydrogens is 327 g/mol. The first-order chi connectivity index (χ1) is 10.0. The van der Waals surface area contributed by atoms with Crippen LogP contribution < -0.4 is 10.9 Å². The van der Waals surface area contributed by atoms with Crippen LogP contribution in [0, 0.1) is 0 Å². The van der Waals surface area contributed by atoms with E-state index in [-0.39, 0.29) is 6.54 Å². The van der Waals surface area contributed by atoms with Crippen molar-refractivity contribution < 1.29 is 22.8 Å². The van der Waals surface area contributed by atoms with Gasteiger partial charge in [0.05, 0.1) is 12.1 Å². The number of nitrogens with zero attached hydrogens (tertiary/aromatic N) is 2. The van der Waals surface area contributed by atoms with Crippen LogP contribution in [0.1, 0.15) is 5.56 Å². The second kappa shape index (κ2) is 6.82. The number of rotatable bonds is 4. The number of amides is 2. The van der Waals surface area contributed by atoms with E-state index in [2.05, 4.69) is 5.32 Å². The Balaban J connectivity index is 2.89. The highest BCUT2D eigenvalue weighted by molar-refractivity contribution is 6.30. The predicted molar refractivity (Wildman–Crippen MR) is 72.4 cm³/mol. The predicted octanol–water partition coefficient (Wildman–Crippen LogP) is 0.725. The third kappa shape index (κ3) is 4.76. The molecule has 0 radical (unpaired) electrons. The number of carbonyl (C=O) groups excluding carboxylic acids is 2. The van der Waals surface area contributed by atoms with Gasteiger partial charge in [-0.1, -0.05) is 11.6 Å². The number of likely N-dealkylation sites (N-methyl/N-ethyl adjacent to an activating group) is 1. The van der Waals surface area contributed by atoms with Crippen molar-refractivity contribution in [3.8, 4) is 0 Å². The van der Waals surface area contributed by atoms with Crippen molar-refractivity contribution in [2.75, 3.05) is 20.6 Å². The molecule has 0 aliphatic carbocycles. The van der Waals surface area contributed by atoms with E-state index < -0.39 is 40.7 Å². The molecule has 1 heterocycles. The number of hydrogen-bond acceptors (Lipinski definition) is 3. The maximum Gasteiger partial charge on any atom is 0.417 e. The van der Waals surface area contributed by atoms with Gasteiger partial charge in [-0.15, -0.1) is 0 Å². The molecule has 0 aliphatic heterocycles. The summed E-state index contributed by atoms with van der Waals surface area (Å²) in [6, 6.07) is 0.494. The van der Waals surface area contributed by atoms with Crippen molar-refractivity contribution in [1.29, 1.82) is 0 Å². The van der Waals surface area contributed by atoms with E-state index in [1.807, 2.05) is 0 Å². The zero-order valence-electron chi connectivity index (χ0n) is 11.7. The van der Waals surface area contributed by atoms with Gasteiger partial charge in [-0.25, -0.2) is 0 Å². The molecule has 22 heavy (non-hydrogen) atoms. The molecule has 0 unspecified atom stereocenters. The fraction of sp³-hybridized carbons (Fsp3) is 0.417. The van der Waals surface area contributed by atoms with E-state index in [0.717, 1.165) is 0 Å². The SMILES string of the molecule is CN(C)C(=O)CNC(=O)Cn1cc(C(F)(F)F)cc(Cl)c1=O. The third-order valence-corrected chi connectivity index (χ3v) is 2.89. The average molecular weight is 340 g/mol. The quantitative estimate of drug-likeness (QED) is 0.879. The van der Waals surface area contributed by atoms with Crippen molar-refractivity contribution in [3.63, 3.8) is 0 Å². The first kappa shape index (κ1) is 18.0. The van der Waals surface area contributed by atoms with Crippen LogP contribution in [0.15, 0.2) is 17.1 Å². The van der Waals surface area contributed by atoms with Crippen LogP contribution in [0.5, 0.6) is 0 Å². The lowest BCUT2D eigenvalue weighted by atomic mass is 10.2. The topological polar surface area (TPSA) is 71.4 Å². The van der Waals surface area contributed by atoms with E-state index in [1.54, 1.807) is 0 Å². The van der Waals surface area contributed by atoms with Gasteiger partial charge in [-0.05, 0) is 6.07 Å². The normalized spacial score (nSPS) is 11.2. The molecule has 1 N–H and O–H groups in total. The van der Waals surface area contributed by atoms with Crippen molar-refractivity contribution in [3.05, 3.63) is 33.2 Å². The first-order valence-corrected chi connectivity index (χ1v) is 6.34. The highest BCUT2D eigenvalue weighted by Crippen LogP contribution is 2.29. The van der Waals surface area contributed by atoms with Crippen LogP contribution in [-0.4, -0.2) is 41.9 Å². The average Bonchev–Trinajstić information content (AvgIpc) is 2.39. The van der Waals surface area contributed by atoms with Crippen molar-refractivity contribution in [2.24, 2.45) is 0 Å². The molecule has 122 valence electrons. The lowest BCUT2D eigenvalue weighted by Crippen LogP contribution is -2.39. The Bertz CT molecular complexity index is 641. The first-order valence-electron chi connectivity index (χ1n) is 5.96. The molecule has 2 amide bonds. The summed E-state index contributed by atoms with van der Waals surface area (Å²) in [7, 11) is 2.96. The Labute approximate surface area is 128 Å². The maximum atomic E-state index is 12.6. The van der Waals surface area contributed by atoms with Gasteiger partial charge in [0.2, 0.25) is 11.8 Å². The number of nitrogens with one attached hydrogen (secondary N) is 1. The van der Waals surface area contributed by atoms with Crippen LogP contribution >= 0.6 is 11.6 Å². The van der Waals surface area contributed by atoms with Crippen molar-refractivity contribution in [1.82, 2.24) is 14.8 Å². The molecule has 0 bridgehead atoms. The molecule has 0 saturated heterocycles. The summed E-state index contributed by atoms with van der Waals surface area (Å²) >= 11 is 5.45. The summed E-state index contributed by atoms with van der Waals surface area (Å²) in [5, 5.41) is 1.56. The van der Waals surface area contributed by atoms with Gasteiger partial charge < -0.3 is 14.8 Å². The lowest BCUT2D eigenvalue weighted by molar-refractivity contribution is -0.138. The largest absolute Gasteiger partial charge is 0.417 e. The van der Waals surface area contributed by atoms with Crippen LogP contribution in [0.4, 0.5) is 13.2 Å². The number of alkyl halides is 3. The molecule has 6 nitrogen and oxygen atoms in total. The van der Waals surface area contributed by atoms with Crippen molar-refractivity contribution in [2.45, 2.75) is 12.7 Å². The van der Waals surface area contributed by atoms with Crippen LogP contribution in [0.25, 0.3) is 0 Å². The number of carbonyl (C=O) groups is 2. The van der Waals surface area contributed by atoms with Crippen LogP contribution in [-0.2, 0) is 22.3 Å². The number of halogens is 4. The van der Waals surface area contributed by atoms with E-state index in [0.29, 0.717) is 16.8 Å². The summed E-state index contributed by atoms with van der Waals surface area (Å²) in [4.78, 5) is 35.7. The lowest BCUT2D eigenvalue weighted by Gasteiger charge is -2.13. The molecule has 0 spiro atoms. The molecule has 0 aromatic carbocycles. The highest BCUT2D eigenvalue weighted by atomic mass is 35.5. The zero-order valence-corrected chi connectivity index (χ0v) is 12.5. The molecule has 0 fully saturated rings. The fourth-order valence-corrected chi connectivity index (χ4v) is 1.64. The molecule has 0 atom stereocenters. The minimum Gasteiger partial charge on any atom is -0.347 e. The number of aromatic nitrogens is 1. The van der Waals surface area contributed by atoms with Gasteiger partial charge in [0.1, 0.15) is 11.6 Å². The summed E-state index contributed by atoms with van der Waals surface area (Å²) < 4.78 is 38.4. The highest BCUT2D eigenvalue weighted by Gasteiger charge is 2.32.